The van der Waals surface area contributed by atoms with Crippen LogP contribution in [-0.4, -0.2) is 29.0 Å². The number of alkyl carbamates (subject to hydrolysis) is 1. The van der Waals surface area contributed by atoms with Gasteiger partial charge < -0.3 is 15.2 Å². The van der Waals surface area contributed by atoms with E-state index in [4.69, 9.17) is 9.84 Å². The highest BCUT2D eigenvalue weighted by Crippen LogP contribution is 2.38. The fourth-order valence-corrected chi connectivity index (χ4v) is 3.63. The molecule has 6 heteroatoms. The average Bonchev–Trinajstić information content (AvgIpc) is 3.08. The van der Waals surface area contributed by atoms with Crippen molar-refractivity contribution in [1.82, 2.24) is 5.32 Å². The number of aliphatic carboxylic acids is 1. The summed E-state index contributed by atoms with van der Waals surface area (Å²) in [7, 11) is 0. The van der Waals surface area contributed by atoms with E-state index in [0.29, 0.717) is 0 Å². The maximum absolute atomic E-state index is 12.4. The van der Waals surface area contributed by atoms with Crippen LogP contribution in [0.2, 0.25) is 0 Å². The van der Waals surface area contributed by atoms with Crippen molar-refractivity contribution in [3.63, 3.8) is 0 Å². The Balaban J connectivity index is 1.67. The molecule has 29 heavy (non-hydrogen) atoms. The van der Waals surface area contributed by atoms with Crippen LogP contribution in [0.1, 0.15) is 37.5 Å². The van der Waals surface area contributed by atoms with Crippen molar-refractivity contribution >= 4 is 17.8 Å². The van der Waals surface area contributed by atoms with Crippen molar-refractivity contribution in [2.75, 3.05) is 0 Å². The van der Waals surface area contributed by atoms with Gasteiger partial charge >= 0.3 is 12.1 Å². The average molecular weight is 395 g/mol. The van der Waals surface area contributed by atoms with Crippen molar-refractivity contribution in [2.24, 2.45) is 11.8 Å². The molecule has 3 rings (SSSR count). The van der Waals surface area contributed by atoms with Gasteiger partial charge in [-0.3, -0.25) is 9.59 Å². The lowest BCUT2D eigenvalue weighted by molar-refractivity contribution is -0.146. The second kappa shape index (κ2) is 8.47. The number of hydrogen-bond acceptors (Lipinski definition) is 4. The van der Waals surface area contributed by atoms with Gasteiger partial charge in [0.05, 0.1) is 6.04 Å². The monoisotopic (exact) mass is 395 g/mol. The number of ether oxygens (including phenoxy) is 1. The number of amides is 1. The summed E-state index contributed by atoms with van der Waals surface area (Å²) in [5.74, 6) is -3.21. The van der Waals surface area contributed by atoms with Gasteiger partial charge in [-0.2, -0.15) is 0 Å². The van der Waals surface area contributed by atoms with Gasteiger partial charge in [0, 0.05) is 0 Å². The van der Waals surface area contributed by atoms with E-state index in [9.17, 15) is 14.4 Å². The van der Waals surface area contributed by atoms with Crippen LogP contribution in [0.25, 0.3) is 11.1 Å². The number of carbonyl (C=O) groups excluding carboxylic acids is 2. The zero-order valence-electron chi connectivity index (χ0n) is 16.8. The molecule has 2 aromatic carbocycles. The van der Waals surface area contributed by atoms with Gasteiger partial charge in [0.2, 0.25) is 0 Å². The van der Waals surface area contributed by atoms with E-state index >= 15 is 0 Å². The quantitative estimate of drug-likeness (QED) is 0.594. The number of nitrogens with one attached hydrogen (secondary N) is 1. The lowest BCUT2D eigenvalue weighted by Gasteiger charge is -2.22. The molecule has 6 nitrogen and oxygen atoms in total. The fourth-order valence-electron chi connectivity index (χ4n) is 3.63. The van der Waals surface area contributed by atoms with Gasteiger partial charge in [0.1, 0.15) is 12.5 Å². The summed E-state index contributed by atoms with van der Waals surface area (Å²) in [5.41, 5.74) is 5.64. The van der Waals surface area contributed by atoms with Crippen LogP contribution in [-0.2, 0) is 27.4 Å². The number of hydrogen-bond donors (Lipinski definition) is 2. The molecule has 0 saturated carbocycles. The first-order valence-electron chi connectivity index (χ1n) is 9.68. The number of carbonyl (C=O) groups is 3. The summed E-state index contributed by atoms with van der Waals surface area (Å²) in [6, 6.07) is 13.2. The van der Waals surface area contributed by atoms with Crippen molar-refractivity contribution in [3.05, 3.63) is 59.2 Å². The number of Topliss-reactive ketones (excluding diaryl/α,β-unsaturated/α-hetero) is 1. The molecule has 1 aliphatic carbocycles. The molecule has 152 valence electrons. The highest BCUT2D eigenvalue weighted by Gasteiger charge is 2.32. The summed E-state index contributed by atoms with van der Waals surface area (Å²) in [5, 5.41) is 11.6. The highest BCUT2D eigenvalue weighted by atomic mass is 16.5. The van der Waals surface area contributed by atoms with E-state index in [1.165, 1.54) is 18.1 Å². The Hall–Kier alpha value is -3.15. The fraction of sp³-hybridized carbons (Fsp3) is 0.348. The molecular formula is C23H25NO5. The number of rotatable bonds is 7. The number of benzene rings is 2. The number of fused-ring (bicyclic) bond motifs is 3. The Labute approximate surface area is 169 Å². The molecular weight excluding hydrogens is 370 g/mol. The summed E-state index contributed by atoms with van der Waals surface area (Å²) in [6.07, 6.45) is 0.0540. The Kier molecular flexibility index (Phi) is 6.01. The van der Waals surface area contributed by atoms with Gasteiger partial charge in [-0.15, -0.1) is 0 Å². The van der Waals surface area contributed by atoms with Gasteiger partial charge in [0.25, 0.3) is 0 Å². The summed E-state index contributed by atoms with van der Waals surface area (Å²) < 4.78 is 5.37. The first-order valence-corrected chi connectivity index (χ1v) is 9.68. The molecule has 0 aliphatic heterocycles. The van der Waals surface area contributed by atoms with Crippen molar-refractivity contribution in [2.45, 2.75) is 39.8 Å². The number of carboxylic acids is 1. The van der Waals surface area contributed by atoms with Gasteiger partial charge in [-0.05, 0) is 47.1 Å². The SMILES string of the molecule is CC(C(=O)O)C(=O)C(NC(=O)OCc1cccc2c1Cc1ccccc1-2)C(C)C. The molecule has 0 heterocycles. The smallest absolute Gasteiger partial charge is 0.408 e. The van der Waals surface area contributed by atoms with E-state index in [-0.39, 0.29) is 12.5 Å². The molecule has 2 unspecified atom stereocenters. The minimum atomic E-state index is -1.21. The maximum Gasteiger partial charge on any atom is 0.408 e. The molecule has 0 radical (unpaired) electrons. The molecule has 0 fully saturated rings. The largest absolute Gasteiger partial charge is 0.481 e. The molecule has 2 atom stereocenters. The Morgan fingerprint density at radius 3 is 2.41 bits per heavy atom. The van der Waals surface area contributed by atoms with E-state index in [1.807, 2.05) is 24.3 Å². The molecule has 1 amide bonds. The normalized spacial score (nSPS) is 13.9. The molecule has 1 aliphatic rings. The highest BCUT2D eigenvalue weighted by molar-refractivity contribution is 6.01. The molecule has 2 N–H and O–H groups in total. The molecule has 2 aromatic rings. The summed E-state index contributed by atoms with van der Waals surface area (Å²) >= 11 is 0. The van der Waals surface area contributed by atoms with Gasteiger partial charge in [0.15, 0.2) is 5.78 Å². The van der Waals surface area contributed by atoms with Crippen molar-refractivity contribution in [1.29, 1.82) is 0 Å². The molecule has 0 aromatic heterocycles. The third-order valence-electron chi connectivity index (χ3n) is 5.35. The predicted octanol–water partition coefficient (Wildman–Crippen LogP) is 3.80. The first-order chi connectivity index (χ1) is 13.8. The van der Waals surface area contributed by atoms with Crippen LogP contribution in [0.5, 0.6) is 0 Å². The second-order valence-corrected chi connectivity index (χ2v) is 7.68. The minimum absolute atomic E-state index is 0.0798. The van der Waals surface area contributed by atoms with E-state index in [0.717, 1.165) is 23.1 Å². The second-order valence-electron chi connectivity index (χ2n) is 7.68. The number of ketones is 1. The van der Waals surface area contributed by atoms with Crippen LogP contribution in [0.4, 0.5) is 4.79 Å². The standard InChI is InChI=1S/C23H25NO5/c1-13(2)20(21(25)14(3)22(26)27)24-23(28)29-12-16-8-6-10-18-17-9-5-4-7-15(17)11-19(16)18/h4-10,13-14,20H,11-12H2,1-3H3,(H,24,28)(H,26,27). The van der Waals surface area contributed by atoms with Crippen LogP contribution >= 0.6 is 0 Å². The zero-order chi connectivity index (χ0) is 21.1. The summed E-state index contributed by atoms with van der Waals surface area (Å²) in [6.45, 7) is 4.89. The Morgan fingerprint density at radius 2 is 1.72 bits per heavy atom. The zero-order valence-corrected chi connectivity index (χ0v) is 16.8. The van der Waals surface area contributed by atoms with Crippen LogP contribution in [0, 0.1) is 11.8 Å². The topological polar surface area (TPSA) is 92.7 Å². The predicted molar refractivity (Wildman–Crippen MR) is 108 cm³/mol. The van der Waals surface area contributed by atoms with Crippen molar-refractivity contribution in [3.8, 4) is 11.1 Å². The third-order valence-corrected chi connectivity index (χ3v) is 5.35. The van der Waals surface area contributed by atoms with Gasteiger partial charge in [-0.25, -0.2) is 4.79 Å². The van der Waals surface area contributed by atoms with Gasteiger partial charge in [-0.1, -0.05) is 56.3 Å². The van der Waals surface area contributed by atoms with Crippen LogP contribution in [0.3, 0.4) is 0 Å². The first kappa shape index (κ1) is 20.6. The number of carboxylic acid groups (broad SMARTS) is 1. The van der Waals surface area contributed by atoms with E-state index in [1.54, 1.807) is 13.8 Å². The summed E-state index contributed by atoms with van der Waals surface area (Å²) in [4.78, 5) is 35.8. The lowest BCUT2D eigenvalue weighted by Crippen LogP contribution is -2.47. The van der Waals surface area contributed by atoms with E-state index < -0.39 is 29.8 Å². The Morgan fingerprint density at radius 1 is 1.03 bits per heavy atom. The van der Waals surface area contributed by atoms with Crippen LogP contribution < -0.4 is 5.32 Å². The van der Waals surface area contributed by atoms with Crippen LogP contribution in [0.15, 0.2) is 42.5 Å². The Bertz CT molecular complexity index is 950. The molecule has 0 saturated heterocycles. The maximum atomic E-state index is 12.4. The third kappa shape index (κ3) is 4.31. The van der Waals surface area contributed by atoms with E-state index in [2.05, 4.69) is 23.5 Å². The van der Waals surface area contributed by atoms with Crippen molar-refractivity contribution < 1.29 is 24.2 Å². The lowest BCUT2D eigenvalue weighted by atomic mass is 9.92. The molecule has 0 spiro atoms. The molecule has 0 bridgehead atoms. The minimum Gasteiger partial charge on any atom is -0.481 e.